The summed E-state index contributed by atoms with van der Waals surface area (Å²) in [5, 5.41) is 6.70. The number of carbonyl (C=O) groups excluding carboxylic acids is 4. The first-order valence-electron chi connectivity index (χ1n) is 14.6. The minimum absolute atomic E-state index is 0.112. The van der Waals surface area contributed by atoms with E-state index in [9.17, 15) is 19.2 Å². The Morgan fingerprint density at radius 1 is 0.738 bits per heavy atom. The van der Waals surface area contributed by atoms with Gasteiger partial charge in [0.25, 0.3) is 11.8 Å². The van der Waals surface area contributed by atoms with Crippen molar-refractivity contribution in [1.29, 1.82) is 0 Å². The van der Waals surface area contributed by atoms with Crippen LogP contribution < -0.4 is 10.6 Å². The summed E-state index contributed by atoms with van der Waals surface area (Å²) < 4.78 is 10.8. The maximum Gasteiger partial charge on any atom is 0.341 e. The van der Waals surface area contributed by atoms with Crippen molar-refractivity contribution in [2.24, 2.45) is 0 Å². The number of esters is 2. The van der Waals surface area contributed by atoms with Crippen molar-refractivity contribution in [3.8, 4) is 0 Å². The topological polar surface area (TPSA) is 124 Å². The second kappa shape index (κ2) is 13.6. The predicted molar refractivity (Wildman–Crippen MR) is 163 cm³/mol. The van der Waals surface area contributed by atoms with E-state index < -0.39 is 23.8 Å². The monoisotopic (exact) mass is 609 g/mol. The van der Waals surface area contributed by atoms with Crippen molar-refractivity contribution in [3.63, 3.8) is 0 Å². The van der Waals surface area contributed by atoms with Gasteiger partial charge in [-0.2, -0.15) is 0 Å². The molecule has 0 radical (unpaired) electrons. The molecule has 3 aromatic heterocycles. The second-order valence-corrected chi connectivity index (χ2v) is 12.7. The maximum atomic E-state index is 13.2. The average Bonchev–Trinajstić information content (AvgIpc) is 3.56. The number of aryl methyl sites for hydroxylation is 2. The normalized spacial score (nSPS) is 14.0. The number of ether oxygens (including phenoxy) is 2. The Hall–Kier alpha value is -3.57. The van der Waals surface area contributed by atoms with Crippen molar-refractivity contribution in [3.05, 3.63) is 61.6 Å². The quantitative estimate of drug-likeness (QED) is 0.248. The lowest BCUT2D eigenvalue weighted by molar-refractivity contribution is 0.0496. The predicted octanol–water partition coefficient (Wildman–Crippen LogP) is 6.60. The Labute approximate surface area is 253 Å². The molecule has 2 N–H and O–H groups in total. The molecule has 2 amide bonds. The van der Waals surface area contributed by atoms with E-state index in [2.05, 4.69) is 15.6 Å². The summed E-state index contributed by atoms with van der Waals surface area (Å²) in [5.41, 5.74) is 3.20. The van der Waals surface area contributed by atoms with E-state index in [4.69, 9.17) is 9.47 Å². The maximum absolute atomic E-state index is 13.2. The molecule has 0 unspecified atom stereocenters. The number of carbonyl (C=O) groups is 4. The molecule has 0 fully saturated rings. The van der Waals surface area contributed by atoms with Crippen molar-refractivity contribution in [2.45, 2.75) is 78.1 Å². The average molecular weight is 610 g/mol. The van der Waals surface area contributed by atoms with Gasteiger partial charge in [-0.1, -0.05) is 13.8 Å². The number of hydrogen-bond donors (Lipinski definition) is 2. The summed E-state index contributed by atoms with van der Waals surface area (Å²) >= 11 is 2.84. The van der Waals surface area contributed by atoms with E-state index in [0.717, 1.165) is 72.2 Å². The first kappa shape index (κ1) is 29.9. The van der Waals surface area contributed by atoms with Crippen molar-refractivity contribution >= 4 is 56.4 Å². The van der Waals surface area contributed by atoms with Gasteiger partial charge in [0.15, 0.2) is 0 Å². The summed E-state index contributed by atoms with van der Waals surface area (Å²) in [5.74, 6) is -1.73. The molecule has 0 aliphatic heterocycles. The first-order chi connectivity index (χ1) is 20.4. The van der Waals surface area contributed by atoms with Gasteiger partial charge in [0.1, 0.15) is 15.7 Å². The molecule has 0 bridgehead atoms. The van der Waals surface area contributed by atoms with Gasteiger partial charge < -0.3 is 20.1 Å². The number of nitrogens with zero attached hydrogens (tertiary/aromatic N) is 1. The summed E-state index contributed by atoms with van der Waals surface area (Å²) in [7, 11) is 0. The molecular weight excluding hydrogens is 574 g/mol. The van der Waals surface area contributed by atoms with Crippen LogP contribution in [0, 0.1) is 0 Å². The molecule has 0 saturated heterocycles. The van der Waals surface area contributed by atoms with E-state index in [-0.39, 0.29) is 11.3 Å². The van der Waals surface area contributed by atoms with Gasteiger partial charge in [-0.05, 0) is 87.5 Å². The molecule has 0 spiro atoms. The van der Waals surface area contributed by atoms with Gasteiger partial charge in [0.2, 0.25) is 0 Å². The summed E-state index contributed by atoms with van der Waals surface area (Å²) in [6, 6.07) is 3.00. The highest BCUT2D eigenvalue weighted by Crippen LogP contribution is 2.40. The third-order valence-corrected chi connectivity index (χ3v) is 9.75. The first-order valence-corrected chi connectivity index (χ1v) is 16.3. The fourth-order valence-corrected chi connectivity index (χ4v) is 7.82. The fourth-order valence-electron chi connectivity index (χ4n) is 5.28. The van der Waals surface area contributed by atoms with Crippen LogP contribution in [0.2, 0.25) is 0 Å². The van der Waals surface area contributed by atoms with Crippen LogP contribution in [0.25, 0.3) is 0 Å². The van der Waals surface area contributed by atoms with Gasteiger partial charge in [-0.3, -0.25) is 14.6 Å². The highest BCUT2D eigenvalue weighted by atomic mass is 32.1. The zero-order valence-electron chi connectivity index (χ0n) is 23.9. The smallest absolute Gasteiger partial charge is 0.341 e. The van der Waals surface area contributed by atoms with Gasteiger partial charge in [0, 0.05) is 16.0 Å². The Morgan fingerprint density at radius 3 is 1.71 bits per heavy atom. The van der Waals surface area contributed by atoms with E-state index in [1.165, 1.54) is 41.0 Å². The zero-order valence-corrected chi connectivity index (χ0v) is 25.6. The lowest BCUT2D eigenvalue weighted by Crippen LogP contribution is -2.18. The minimum Gasteiger partial charge on any atom is -0.462 e. The third-order valence-electron chi connectivity index (χ3n) is 7.34. The number of nitrogens with one attached hydrogen (secondary N) is 2. The van der Waals surface area contributed by atoms with Crippen molar-refractivity contribution in [1.82, 2.24) is 4.98 Å². The number of amides is 2. The summed E-state index contributed by atoms with van der Waals surface area (Å²) in [4.78, 5) is 58.5. The van der Waals surface area contributed by atoms with E-state index in [1.54, 1.807) is 0 Å². The SMILES string of the molecule is CCCOC(=O)c1c(NC(=O)c2ccc(C(=O)Nc3sc4c(c3C(=O)OCCC)CCCC4)nc2)sc2c1CCCC2. The number of hydrogen-bond acceptors (Lipinski definition) is 9. The lowest BCUT2D eigenvalue weighted by Gasteiger charge is -2.13. The Kier molecular flexibility index (Phi) is 9.69. The molecule has 3 aromatic rings. The van der Waals surface area contributed by atoms with E-state index in [0.29, 0.717) is 47.2 Å². The van der Waals surface area contributed by atoms with Crippen LogP contribution in [0.5, 0.6) is 0 Å². The standard InChI is InChI=1S/C31H35N3O6S2/c1-3-15-39-30(37)24-19-9-5-7-11-22(19)41-28(24)33-26(35)18-13-14-21(32-17-18)27(36)34-29-25(31(38)40-16-4-2)20-10-6-8-12-23(20)42-29/h13-14,17H,3-12,15-16H2,1-2H3,(H,33,35)(H,34,36). The largest absolute Gasteiger partial charge is 0.462 e. The highest BCUT2D eigenvalue weighted by Gasteiger charge is 2.29. The van der Waals surface area contributed by atoms with Crippen molar-refractivity contribution in [2.75, 3.05) is 23.8 Å². The number of aromatic nitrogens is 1. The highest BCUT2D eigenvalue weighted by molar-refractivity contribution is 7.17. The Bertz CT molecular complexity index is 1380. The number of thiophene rings is 2. The molecule has 11 heteroatoms. The molecular formula is C31H35N3O6S2. The molecule has 3 heterocycles. The van der Waals surface area contributed by atoms with Gasteiger partial charge in [0.05, 0.1) is 29.9 Å². The van der Waals surface area contributed by atoms with Gasteiger partial charge >= 0.3 is 11.9 Å². The molecule has 0 aromatic carbocycles. The van der Waals surface area contributed by atoms with E-state index in [1.807, 2.05) is 13.8 Å². The van der Waals surface area contributed by atoms with Crippen LogP contribution in [0.15, 0.2) is 18.3 Å². The van der Waals surface area contributed by atoms with Crippen LogP contribution >= 0.6 is 22.7 Å². The Morgan fingerprint density at radius 2 is 1.24 bits per heavy atom. The zero-order chi connectivity index (χ0) is 29.6. The van der Waals surface area contributed by atoms with Crippen LogP contribution in [0.1, 0.15) is 115 Å². The third kappa shape index (κ3) is 6.42. The van der Waals surface area contributed by atoms with Crippen LogP contribution in [-0.2, 0) is 35.2 Å². The lowest BCUT2D eigenvalue weighted by atomic mass is 9.95. The molecule has 2 aliphatic carbocycles. The van der Waals surface area contributed by atoms with Crippen LogP contribution in [-0.4, -0.2) is 42.0 Å². The molecule has 42 heavy (non-hydrogen) atoms. The fraction of sp³-hybridized carbons (Fsp3) is 0.452. The minimum atomic E-state index is -0.475. The molecule has 0 atom stereocenters. The number of pyridine rings is 1. The number of rotatable bonds is 10. The second-order valence-electron chi connectivity index (χ2n) is 10.4. The van der Waals surface area contributed by atoms with E-state index >= 15 is 0 Å². The molecule has 0 saturated carbocycles. The molecule has 9 nitrogen and oxygen atoms in total. The van der Waals surface area contributed by atoms with Crippen LogP contribution in [0.4, 0.5) is 10.0 Å². The van der Waals surface area contributed by atoms with Crippen LogP contribution in [0.3, 0.4) is 0 Å². The number of anilines is 2. The molecule has 222 valence electrons. The van der Waals surface area contributed by atoms with Gasteiger partial charge in [-0.15, -0.1) is 22.7 Å². The van der Waals surface area contributed by atoms with Crippen molar-refractivity contribution < 1.29 is 28.7 Å². The molecule has 5 rings (SSSR count). The number of fused-ring (bicyclic) bond motifs is 2. The molecule has 2 aliphatic rings. The summed E-state index contributed by atoms with van der Waals surface area (Å²) in [6.45, 7) is 4.50. The summed E-state index contributed by atoms with van der Waals surface area (Å²) in [6.07, 6.45) is 10.2. The Balaban J connectivity index is 1.31. The van der Waals surface area contributed by atoms with Gasteiger partial charge in [-0.25, -0.2) is 9.59 Å².